The number of nitrogens with one attached hydrogen (secondary N) is 2. The van der Waals surface area contributed by atoms with E-state index in [4.69, 9.17) is 9.84 Å². The molecule has 3 amide bonds. The van der Waals surface area contributed by atoms with E-state index in [1.165, 1.54) is 6.92 Å². The Morgan fingerprint density at radius 1 is 1.35 bits per heavy atom. The van der Waals surface area contributed by atoms with Gasteiger partial charge in [0.15, 0.2) is 0 Å². The van der Waals surface area contributed by atoms with Crippen molar-refractivity contribution in [1.82, 2.24) is 15.5 Å². The number of ether oxygens (including phenoxy) is 1. The normalized spacial score (nSPS) is 17.2. The quantitative estimate of drug-likeness (QED) is 0.692. The van der Waals surface area contributed by atoms with Gasteiger partial charge < -0.3 is 25.4 Å². The van der Waals surface area contributed by atoms with E-state index < -0.39 is 18.0 Å². The van der Waals surface area contributed by atoms with Gasteiger partial charge in [-0.1, -0.05) is 0 Å². The Kier molecular flexibility index (Phi) is 6.08. The van der Waals surface area contributed by atoms with Crippen LogP contribution in [0.25, 0.3) is 0 Å². The molecule has 114 valence electrons. The fourth-order valence-corrected chi connectivity index (χ4v) is 1.91. The zero-order chi connectivity index (χ0) is 15.1. The number of hydrogen-bond acceptors (Lipinski definition) is 4. The molecule has 1 saturated heterocycles. The molecular weight excluding hydrogens is 266 g/mol. The van der Waals surface area contributed by atoms with Crippen molar-refractivity contribution < 1.29 is 24.2 Å². The molecule has 1 atom stereocenters. The van der Waals surface area contributed by atoms with Crippen molar-refractivity contribution in [1.29, 1.82) is 0 Å². The third kappa shape index (κ3) is 4.94. The minimum absolute atomic E-state index is 0.0679. The summed E-state index contributed by atoms with van der Waals surface area (Å²) < 4.78 is 4.90. The lowest BCUT2D eigenvalue weighted by molar-refractivity contribution is -0.138. The number of piperidine rings is 1. The molecule has 0 aliphatic carbocycles. The van der Waals surface area contributed by atoms with Crippen molar-refractivity contribution in [3.8, 4) is 0 Å². The van der Waals surface area contributed by atoms with Gasteiger partial charge in [-0.3, -0.25) is 4.79 Å². The molecule has 1 aliphatic rings. The van der Waals surface area contributed by atoms with E-state index in [0.29, 0.717) is 32.5 Å². The molecule has 0 aromatic rings. The van der Waals surface area contributed by atoms with Gasteiger partial charge in [-0.2, -0.15) is 0 Å². The molecule has 1 heterocycles. The molecule has 0 radical (unpaired) electrons. The van der Waals surface area contributed by atoms with E-state index in [1.807, 2.05) is 0 Å². The second-order valence-corrected chi connectivity index (χ2v) is 4.64. The van der Waals surface area contributed by atoms with Gasteiger partial charge in [0.2, 0.25) is 0 Å². The monoisotopic (exact) mass is 287 g/mol. The summed E-state index contributed by atoms with van der Waals surface area (Å²) >= 11 is 0. The summed E-state index contributed by atoms with van der Waals surface area (Å²) in [5.41, 5.74) is 0. The van der Waals surface area contributed by atoms with Crippen molar-refractivity contribution >= 4 is 18.1 Å². The lowest BCUT2D eigenvalue weighted by atomic mass is 10.1. The minimum atomic E-state index is -1.09. The summed E-state index contributed by atoms with van der Waals surface area (Å²) in [4.78, 5) is 35.2. The average molecular weight is 287 g/mol. The van der Waals surface area contributed by atoms with Gasteiger partial charge in [0.05, 0.1) is 6.61 Å². The summed E-state index contributed by atoms with van der Waals surface area (Å²) in [7, 11) is 0. The van der Waals surface area contributed by atoms with Crippen LogP contribution in [0, 0.1) is 0 Å². The molecule has 0 saturated carbocycles. The number of carboxylic acid groups (broad SMARTS) is 1. The number of carboxylic acids is 1. The Morgan fingerprint density at radius 2 is 1.95 bits per heavy atom. The van der Waals surface area contributed by atoms with Crippen LogP contribution in [0.4, 0.5) is 9.59 Å². The molecule has 20 heavy (non-hydrogen) atoms. The van der Waals surface area contributed by atoms with Gasteiger partial charge in [-0.25, -0.2) is 9.59 Å². The van der Waals surface area contributed by atoms with Crippen LogP contribution in [0.1, 0.15) is 26.7 Å². The Morgan fingerprint density at radius 3 is 2.45 bits per heavy atom. The fourth-order valence-electron chi connectivity index (χ4n) is 1.91. The number of nitrogens with zero attached hydrogens (tertiary/aromatic N) is 1. The first kappa shape index (κ1) is 16.1. The highest BCUT2D eigenvalue weighted by molar-refractivity contribution is 5.82. The molecule has 0 bridgehead atoms. The van der Waals surface area contributed by atoms with Gasteiger partial charge in [-0.05, 0) is 26.7 Å². The molecular formula is C12H21N3O5. The molecule has 0 aromatic heterocycles. The number of likely N-dealkylation sites (tertiary alicyclic amines) is 1. The third-order valence-corrected chi connectivity index (χ3v) is 3.07. The van der Waals surface area contributed by atoms with Crippen molar-refractivity contribution in [3.05, 3.63) is 0 Å². The smallest absolute Gasteiger partial charge is 0.409 e. The van der Waals surface area contributed by atoms with Gasteiger partial charge in [0, 0.05) is 19.1 Å². The summed E-state index contributed by atoms with van der Waals surface area (Å²) in [6, 6.07) is -1.51. The van der Waals surface area contributed by atoms with Crippen LogP contribution >= 0.6 is 0 Å². The van der Waals surface area contributed by atoms with Gasteiger partial charge in [0.1, 0.15) is 6.04 Å². The number of carbonyl (C=O) groups is 3. The first-order chi connectivity index (χ1) is 9.43. The lowest BCUT2D eigenvalue weighted by Crippen LogP contribution is -2.51. The van der Waals surface area contributed by atoms with Crippen LogP contribution in [0.5, 0.6) is 0 Å². The largest absolute Gasteiger partial charge is 0.480 e. The topological polar surface area (TPSA) is 108 Å². The summed E-state index contributed by atoms with van der Waals surface area (Å²) in [5.74, 6) is -1.09. The van der Waals surface area contributed by atoms with Crippen molar-refractivity contribution in [2.45, 2.75) is 38.8 Å². The summed E-state index contributed by atoms with van der Waals surface area (Å²) in [6.45, 7) is 4.51. The van der Waals surface area contributed by atoms with Gasteiger partial charge >= 0.3 is 18.1 Å². The number of rotatable bonds is 4. The predicted molar refractivity (Wildman–Crippen MR) is 70.4 cm³/mol. The van der Waals surface area contributed by atoms with Crippen LogP contribution in [0.2, 0.25) is 0 Å². The standard InChI is InChI=1S/C12H21N3O5/c1-3-20-12(19)15-6-4-9(5-7-15)14-11(18)13-8(2)10(16)17/h8-9H,3-7H2,1-2H3,(H,16,17)(H2,13,14,18)/t8-/m1/s1. The molecule has 0 aromatic carbocycles. The predicted octanol–water partition coefficient (Wildman–Crippen LogP) is 0.380. The van der Waals surface area contributed by atoms with E-state index in [-0.39, 0.29) is 12.1 Å². The molecule has 8 nitrogen and oxygen atoms in total. The van der Waals surface area contributed by atoms with Crippen molar-refractivity contribution in [2.24, 2.45) is 0 Å². The SMILES string of the molecule is CCOC(=O)N1CCC(NC(=O)N[C@H](C)C(=O)O)CC1. The number of urea groups is 1. The zero-order valence-corrected chi connectivity index (χ0v) is 11.7. The van der Waals surface area contributed by atoms with Gasteiger partial charge in [-0.15, -0.1) is 0 Å². The van der Waals surface area contributed by atoms with E-state index in [9.17, 15) is 14.4 Å². The maximum atomic E-state index is 11.6. The highest BCUT2D eigenvalue weighted by atomic mass is 16.6. The highest BCUT2D eigenvalue weighted by Gasteiger charge is 2.25. The maximum absolute atomic E-state index is 11.6. The van der Waals surface area contributed by atoms with Gasteiger partial charge in [0.25, 0.3) is 0 Å². The third-order valence-electron chi connectivity index (χ3n) is 3.07. The van der Waals surface area contributed by atoms with Crippen molar-refractivity contribution in [2.75, 3.05) is 19.7 Å². The van der Waals surface area contributed by atoms with Crippen LogP contribution in [-0.4, -0.2) is 59.9 Å². The van der Waals surface area contributed by atoms with E-state index >= 15 is 0 Å². The molecule has 0 unspecified atom stereocenters. The Bertz CT molecular complexity index is 366. The molecule has 8 heteroatoms. The molecule has 0 spiro atoms. The maximum Gasteiger partial charge on any atom is 0.409 e. The lowest BCUT2D eigenvalue weighted by Gasteiger charge is -2.31. The second-order valence-electron chi connectivity index (χ2n) is 4.64. The Hall–Kier alpha value is -1.99. The summed E-state index contributed by atoms with van der Waals surface area (Å²) in [5, 5.41) is 13.7. The Balaban J connectivity index is 2.30. The average Bonchev–Trinajstić information content (AvgIpc) is 2.39. The van der Waals surface area contributed by atoms with Crippen molar-refractivity contribution in [3.63, 3.8) is 0 Å². The van der Waals surface area contributed by atoms with Crippen LogP contribution < -0.4 is 10.6 Å². The second kappa shape index (κ2) is 7.56. The van der Waals surface area contributed by atoms with Crippen LogP contribution in [0.15, 0.2) is 0 Å². The molecule has 1 fully saturated rings. The van der Waals surface area contributed by atoms with E-state index in [1.54, 1.807) is 11.8 Å². The molecule has 1 rings (SSSR count). The first-order valence-corrected chi connectivity index (χ1v) is 6.65. The van der Waals surface area contributed by atoms with Crippen LogP contribution in [-0.2, 0) is 9.53 Å². The molecule has 3 N–H and O–H groups in total. The first-order valence-electron chi connectivity index (χ1n) is 6.65. The summed E-state index contributed by atoms with van der Waals surface area (Å²) in [6.07, 6.45) is 0.899. The van der Waals surface area contributed by atoms with Crippen LogP contribution in [0.3, 0.4) is 0 Å². The zero-order valence-electron chi connectivity index (χ0n) is 11.7. The number of aliphatic carboxylic acids is 1. The molecule has 1 aliphatic heterocycles. The number of hydrogen-bond donors (Lipinski definition) is 3. The van der Waals surface area contributed by atoms with E-state index in [0.717, 1.165) is 0 Å². The highest BCUT2D eigenvalue weighted by Crippen LogP contribution is 2.11. The Labute approximate surface area is 117 Å². The number of amides is 3. The minimum Gasteiger partial charge on any atom is -0.480 e. The fraction of sp³-hybridized carbons (Fsp3) is 0.750. The van der Waals surface area contributed by atoms with E-state index in [2.05, 4.69) is 10.6 Å². The number of carbonyl (C=O) groups excluding carboxylic acids is 2.